The first kappa shape index (κ1) is 34.0. The predicted molar refractivity (Wildman–Crippen MR) is 149 cm³/mol. The van der Waals surface area contributed by atoms with E-state index in [4.69, 9.17) is 9.47 Å². The number of hydrogen-bond acceptors (Lipinski definition) is 7. The van der Waals surface area contributed by atoms with Crippen LogP contribution in [0, 0.1) is 5.92 Å². The molecule has 8 heteroatoms. The van der Waals surface area contributed by atoms with Gasteiger partial charge in [0.15, 0.2) is 5.60 Å². The van der Waals surface area contributed by atoms with Crippen molar-refractivity contribution in [3.63, 3.8) is 0 Å². The van der Waals surface area contributed by atoms with Crippen LogP contribution < -0.4 is 0 Å². The van der Waals surface area contributed by atoms with Gasteiger partial charge >= 0.3 is 17.9 Å². The molecular weight excluding hydrogens is 500 g/mol. The number of carbonyl (C=O) groups is 4. The minimum atomic E-state index is -2.64. The third-order valence-electron chi connectivity index (χ3n) is 5.81. The average molecular weight is 547 g/mol. The first-order valence-corrected chi connectivity index (χ1v) is 13.7. The van der Waals surface area contributed by atoms with E-state index < -0.39 is 47.0 Å². The summed E-state index contributed by atoms with van der Waals surface area (Å²) in [7, 11) is 0. The van der Waals surface area contributed by atoms with Crippen LogP contribution in [0.25, 0.3) is 0 Å². The summed E-state index contributed by atoms with van der Waals surface area (Å²) in [6, 6.07) is 9.91. The van der Waals surface area contributed by atoms with Crippen LogP contribution >= 0.6 is 0 Å². The van der Waals surface area contributed by atoms with E-state index in [-0.39, 0.29) is 5.78 Å². The number of Topliss-reactive ketones (excluding diaryl/α,β-unsaturated/α-hetero) is 1. The third-order valence-corrected chi connectivity index (χ3v) is 5.81. The quantitative estimate of drug-likeness (QED) is 0.156. The van der Waals surface area contributed by atoms with Crippen LogP contribution in [0.15, 0.2) is 42.5 Å². The van der Waals surface area contributed by atoms with Gasteiger partial charge in [0.1, 0.15) is 22.9 Å². The van der Waals surface area contributed by atoms with Crippen molar-refractivity contribution in [2.45, 2.75) is 116 Å². The molecule has 0 spiro atoms. The molecule has 0 aromatic heterocycles. The second-order valence-corrected chi connectivity index (χ2v) is 11.9. The van der Waals surface area contributed by atoms with Crippen LogP contribution in [0.2, 0.25) is 0 Å². The molecule has 8 nitrogen and oxygen atoms in total. The van der Waals surface area contributed by atoms with Gasteiger partial charge in [-0.1, -0.05) is 55.3 Å². The molecule has 0 saturated heterocycles. The highest BCUT2D eigenvalue weighted by molar-refractivity contribution is 5.92. The summed E-state index contributed by atoms with van der Waals surface area (Å²) in [5.74, 6) is -5.03. The van der Waals surface area contributed by atoms with Gasteiger partial charge in [0.25, 0.3) is 0 Å². The van der Waals surface area contributed by atoms with Gasteiger partial charge in [0.2, 0.25) is 0 Å². The van der Waals surface area contributed by atoms with Gasteiger partial charge in [-0.2, -0.15) is 0 Å². The number of allylic oxidation sites excluding steroid dienone is 1. The first-order chi connectivity index (χ1) is 18.0. The van der Waals surface area contributed by atoms with Gasteiger partial charge in [-0.15, -0.1) is 0 Å². The molecule has 0 aliphatic rings. The molecule has 0 aliphatic carbocycles. The van der Waals surface area contributed by atoms with E-state index in [0.29, 0.717) is 19.3 Å². The fourth-order valence-corrected chi connectivity index (χ4v) is 3.94. The number of carboxylic acids is 1. The van der Waals surface area contributed by atoms with Crippen molar-refractivity contribution in [3.05, 3.63) is 48.0 Å². The molecule has 2 N–H and O–H groups in total. The van der Waals surface area contributed by atoms with Crippen molar-refractivity contribution in [2.24, 2.45) is 5.92 Å². The molecule has 1 rings (SSSR count). The number of aryl methyl sites for hydroxylation is 1. The lowest BCUT2D eigenvalue weighted by Crippen LogP contribution is -2.53. The number of ether oxygens (including phenoxy) is 2. The van der Waals surface area contributed by atoms with Gasteiger partial charge < -0.3 is 19.7 Å². The number of esters is 2. The van der Waals surface area contributed by atoms with Crippen molar-refractivity contribution < 1.29 is 38.9 Å². The van der Waals surface area contributed by atoms with Crippen LogP contribution in [0.3, 0.4) is 0 Å². The van der Waals surface area contributed by atoms with E-state index in [2.05, 4.69) is 0 Å². The minimum Gasteiger partial charge on any atom is -0.481 e. The number of ketones is 1. The zero-order chi connectivity index (χ0) is 29.7. The molecule has 0 bridgehead atoms. The fourth-order valence-electron chi connectivity index (χ4n) is 3.94. The number of aliphatic carboxylic acids is 1. The van der Waals surface area contributed by atoms with Gasteiger partial charge in [-0.25, -0.2) is 4.79 Å². The Morgan fingerprint density at radius 1 is 0.846 bits per heavy atom. The zero-order valence-corrected chi connectivity index (χ0v) is 24.3. The summed E-state index contributed by atoms with van der Waals surface area (Å²) in [6.45, 7) is 9.65. The van der Waals surface area contributed by atoms with E-state index in [1.807, 2.05) is 30.3 Å². The van der Waals surface area contributed by atoms with Crippen LogP contribution in [0.4, 0.5) is 0 Å². The molecule has 0 amide bonds. The second kappa shape index (κ2) is 15.6. The number of hydrogen-bond donors (Lipinski definition) is 2. The van der Waals surface area contributed by atoms with Crippen molar-refractivity contribution in [1.82, 2.24) is 0 Å². The SMILES string of the molecule is CC(C)(C)OC(=O)C[C@@](O)(C(=O)OC(C)(C)C)[C@H](/C=C/CCCCCCC(=O)CCc1ccccc1)C(=O)O. The highest BCUT2D eigenvalue weighted by Crippen LogP contribution is 2.29. The monoisotopic (exact) mass is 546 g/mol. The highest BCUT2D eigenvalue weighted by atomic mass is 16.6. The van der Waals surface area contributed by atoms with Crippen molar-refractivity contribution in [3.8, 4) is 0 Å². The maximum Gasteiger partial charge on any atom is 0.340 e. The highest BCUT2D eigenvalue weighted by Gasteiger charge is 2.51. The van der Waals surface area contributed by atoms with Gasteiger partial charge in [0.05, 0.1) is 6.42 Å². The van der Waals surface area contributed by atoms with Crippen molar-refractivity contribution >= 4 is 23.7 Å². The molecule has 218 valence electrons. The Kier molecular flexibility index (Phi) is 13.6. The maximum atomic E-state index is 12.9. The summed E-state index contributed by atoms with van der Waals surface area (Å²) in [5, 5.41) is 21.1. The Bertz CT molecular complexity index is 969. The fraction of sp³-hybridized carbons (Fsp3) is 0.613. The lowest BCUT2D eigenvalue weighted by molar-refractivity contribution is -0.192. The van der Waals surface area contributed by atoms with E-state index in [0.717, 1.165) is 37.7 Å². The molecule has 0 aliphatic heterocycles. The van der Waals surface area contributed by atoms with Crippen molar-refractivity contribution in [2.75, 3.05) is 0 Å². The molecule has 0 unspecified atom stereocenters. The van der Waals surface area contributed by atoms with Crippen molar-refractivity contribution in [1.29, 1.82) is 0 Å². The zero-order valence-electron chi connectivity index (χ0n) is 24.3. The van der Waals surface area contributed by atoms with Crippen LogP contribution in [0.5, 0.6) is 0 Å². The molecule has 0 heterocycles. The summed E-state index contributed by atoms with van der Waals surface area (Å²) < 4.78 is 10.5. The lowest BCUT2D eigenvalue weighted by atomic mass is 9.83. The molecule has 0 radical (unpaired) electrons. The molecule has 39 heavy (non-hydrogen) atoms. The molecule has 2 atom stereocenters. The summed E-state index contributed by atoms with van der Waals surface area (Å²) in [4.78, 5) is 49.6. The Balaban J connectivity index is 2.65. The van der Waals surface area contributed by atoms with E-state index in [1.165, 1.54) is 6.08 Å². The molecule has 1 aromatic carbocycles. The smallest absolute Gasteiger partial charge is 0.340 e. The van der Waals surface area contributed by atoms with Gasteiger partial charge in [-0.05, 0) is 72.8 Å². The Morgan fingerprint density at radius 3 is 2.00 bits per heavy atom. The molecular formula is C31H46O8. The predicted octanol–water partition coefficient (Wildman–Crippen LogP) is 5.59. The van der Waals surface area contributed by atoms with Crippen LogP contribution in [0.1, 0.15) is 98.5 Å². The van der Waals surface area contributed by atoms with E-state index in [1.54, 1.807) is 47.6 Å². The van der Waals surface area contributed by atoms with Crippen LogP contribution in [-0.2, 0) is 35.1 Å². The number of benzene rings is 1. The van der Waals surface area contributed by atoms with Crippen LogP contribution in [-0.4, -0.2) is 50.7 Å². The topological polar surface area (TPSA) is 127 Å². The molecule has 0 fully saturated rings. The molecule has 0 saturated carbocycles. The number of rotatable bonds is 16. The Morgan fingerprint density at radius 2 is 1.44 bits per heavy atom. The minimum absolute atomic E-state index is 0.245. The van der Waals surface area contributed by atoms with E-state index >= 15 is 0 Å². The van der Waals surface area contributed by atoms with Gasteiger partial charge in [-0.3, -0.25) is 14.4 Å². The summed E-state index contributed by atoms with van der Waals surface area (Å²) >= 11 is 0. The lowest BCUT2D eigenvalue weighted by Gasteiger charge is -2.33. The first-order valence-electron chi connectivity index (χ1n) is 13.7. The second-order valence-electron chi connectivity index (χ2n) is 11.9. The number of unbranched alkanes of at least 4 members (excludes halogenated alkanes) is 4. The Hall–Kier alpha value is -3.00. The standard InChI is InChI=1S/C31H46O8/c1-29(2,3)38-26(33)22-31(37,28(36)39-30(4,5)6)25(27(34)35)19-15-10-8-7-9-14-18-24(32)21-20-23-16-12-11-13-17-23/h11-13,15-17,19,25,37H,7-10,14,18,20-22H2,1-6H3,(H,34,35)/b19-15+/t25-,31+/m1/s1. The van der Waals surface area contributed by atoms with E-state index in [9.17, 15) is 29.4 Å². The maximum absolute atomic E-state index is 12.9. The normalized spacial score (nSPS) is 14.4. The largest absolute Gasteiger partial charge is 0.481 e. The Labute approximate surface area is 232 Å². The van der Waals surface area contributed by atoms with Gasteiger partial charge in [0, 0.05) is 12.8 Å². The number of carboxylic acid groups (broad SMARTS) is 1. The average Bonchev–Trinajstić information content (AvgIpc) is 2.79. The summed E-state index contributed by atoms with van der Waals surface area (Å²) in [6.07, 6.45) is 7.57. The number of carbonyl (C=O) groups excluding carboxylic acids is 3. The number of aliphatic hydroxyl groups is 1. The third kappa shape index (κ3) is 14.1. The summed E-state index contributed by atoms with van der Waals surface area (Å²) in [5.41, 5.74) is -3.37. The molecule has 1 aromatic rings.